The fraction of sp³-hybridized carbons (Fsp3) is 0.333. The van der Waals surface area contributed by atoms with Crippen molar-refractivity contribution in [2.24, 2.45) is 0 Å². The summed E-state index contributed by atoms with van der Waals surface area (Å²) in [7, 11) is 0. The van der Waals surface area contributed by atoms with E-state index in [4.69, 9.17) is 5.11 Å². The Morgan fingerprint density at radius 1 is 1.39 bits per heavy atom. The largest absolute Gasteiger partial charge is 0.479 e. The molecule has 0 bridgehead atoms. The number of carboxylic acid groups (broad SMARTS) is 1. The molecule has 4 nitrogen and oxygen atoms in total. The number of alkyl halides is 1. The summed E-state index contributed by atoms with van der Waals surface area (Å²) in [5.41, 5.74) is -1.83. The molecule has 1 unspecified atom stereocenters. The van der Waals surface area contributed by atoms with Crippen LogP contribution >= 0.6 is 22.6 Å². The predicted octanol–water partition coefficient (Wildman–Crippen LogP) is 1.93. The van der Waals surface area contributed by atoms with Crippen LogP contribution in [0.25, 0.3) is 0 Å². The van der Waals surface area contributed by atoms with E-state index in [2.05, 4.69) is 0 Å². The quantitative estimate of drug-likeness (QED) is 0.818. The van der Waals surface area contributed by atoms with Crippen LogP contribution in [0.4, 0.5) is 4.39 Å². The number of carboxylic acids is 1. The zero-order valence-electron chi connectivity index (χ0n) is 9.40. The van der Waals surface area contributed by atoms with Gasteiger partial charge in [0.2, 0.25) is 5.67 Å². The van der Waals surface area contributed by atoms with Crippen molar-refractivity contribution in [2.75, 3.05) is 13.1 Å². The highest BCUT2D eigenvalue weighted by Crippen LogP contribution is 2.27. The predicted molar refractivity (Wildman–Crippen MR) is 71.2 cm³/mol. The SMILES string of the molecule is O=C(c1ccccc1I)N1CCC(F)(C(=O)O)C1. The molecule has 0 spiro atoms. The van der Waals surface area contributed by atoms with Gasteiger partial charge in [0.25, 0.3) is 5.91 Å². The second-order valence-corrected chi connectivity index (χ2v) is 5.39. The number of aliphatic carboxylic acids is 1. The van der Waals surface area contributed by atoms with Crippen molar-refractivity contribution in [3.05, 3.63) is 33.4 Å². The van der Waals surface area contributed by atoms with Gasteiger partial charge in [-0.1, -0.05) is 12.1 Å². The summed E-state index contributed by atoms with van der Waals surface area (Å²) in [4.78, 5) is 24.2. The molecule has 1 atom stereocenters. The van der Waals surface area contributed by atoms with Gasteiger partial charge in [0.15, 0.2) is 0 Å². The lowest BCUT2D eigenvalue weighted by molar-refractivity contribution is -0.149. The van der Waals surface area contributed by atoms with Gasteiger partial charge in [-0.3, -0.25) is 4.79 Å². The van der Waals surface area contributed by atoms with E-state index in [1.807, 2.05) is 22.6 Å². The molecule has 1 aromatic rings. The lowest BCUT2D eigenvalue weighted by Gasteiger charge is -2.18. The van der Waals surface area contributed by atoms with Crippen molar-refractivity contribution < 1.29 is 19.1 Å². The first-order valence-electron chi connectivity index (χ1n) is 5.40. The van der Waals surface area contributed by atoms with Crippen LogP contribution in [0.5, 0.6) is 0 Å². The number of carbonyl (C=O) groups is 2. The summed E-state index contributed by atoms with van der Waals surface area (Å²) < 4.78 is 14.6. The van der Waals surface area contributed by atoms with Crippen molar-refractivity contribution >= 4 is 34.5 Å². The summed E-state index contributed by atoms with van der Waals surface area (Å²) in [5, 5.41) is 8.78. The fourth-order valence-electron chi connectivity index (χ4n) is 1.93. The molecule has 6 heteroatoms. The van der Waals surface area contributed by atoms with E-state index < -0.39 is 11.6 Å². The van der Waals surface area contributed by atoms with Crippen LogP contribution in [-0.4, -0.2) is 40.6 Å². The Kier molecular flexibility index (Phi) is 3.56. The second-order valence-electron chi connectivity index (χ2n) is 4.23. The summed E-state index contributed by atoms with van der Waals surface area (Å²) in [5.74, 6) is -1.82. The molecule has 2 rings (SSSR count). The third-order valence-electron chi connectivity index (χ3n) is 2.99. The third kappa shape index (κ3) is 2.33. The Morgan fingerprint density at radius 3 is 2.61 bits per heavy atom. The Bertz CT molecular complexity index is 508. The van der Waals surface area contributed by atoms with Crippen LogP contribution in [0.2, 0.25) is 0 Å². The van der Waals surface area contributed by atoms with Gasteiger partial charge >= 0.3 is 5.97 Å². The highest BCUT2D eigenvalue weighted by molar-refractivity contribution is 14.1. The van der Waals surface area contributed by atoms with Crippen LogP contribution in [0, 0.1) is 3.57 Å². The van der Waals surface area contributed by atoms with E-state index in [1.165, 1.54) is 4.90 Å². The first-order chi connectivity index (χ1) is 8.44. The second kappa shape index (κ2) is 4.83. The number of hydrogen-bond acceptors (Lipinski definition) is 2. The molecule has 18 heavy (non-hydrogen) atoms. The smallest absolute Gasteiger partial charge is 0.343 e. The van der Waals surface area contributed by atoms with Gasteiger partial charge in [0.1, 0.15) is 0 Å². The number of benzene rings is 1. The molecule has 1 N–H and O–H groups in total. The minimum Gasteiger partial charge on any atom is -0.479 e. The summed E-state index contributed by atoms with van der Waals surface area (Å²) >= 11 is 2.03. The Morgan fingerprint density at radius 2 is 2.06 bits per heavy atom. The topological polar surface area (TPSA) is 57.6 Å². The summed E-state index contributed by atoms with van der Waals surface area (Å²) in [6, 6.07) is 6.97. The molecule has 1 aromatic carbocycles. The molecule has 0 aromatic heterocycles. The summed E-state index contributed by atoms with van der Waals surface area (Å²) in [6.45, 7) is -0.251. The minimum absolute atomic E-state index is 0.132. The van der Waals surface area contributed by atoms with E-state index in [9.17, 15) is 14.0 Å². The molecule has 1 fully saturated rings. The van der Waals surface area contributed by atoms with E-state index in [1.54, 1.807) is 24.3 Å². The maximum Gasteiger partial charge on any atom is 0.343 e. The molecule has 0 saturated carbocycles. The normalized spacial score (nSPS) is 23.1. The van der Waals surface area contributed by atoms with Crippen LogP contribution in [0.15, 0.2) is 24.3 Å². The number of rotatable bonds is 2. The van der Waals surface area contributed by atoms with Crippen LogP contribution in [0.3, 0.4) is 0 Å². The number of carbonyl (C=O) groups excluding carboxylic acids is 1. The van der Waals surface area contributed by atoms with Crippen LogP contribution in [0.1, 0.15) is 16.8 Å². The Labute approximate surface area is 117 Å². The first kappa shape index (κ1) is 13.3. The maximum atomic E-state index is 13.9. The zero-order chi connectivity index (χ0) is 13.3. The number of amides is 1. The lowest BCUT2D eigenvalue weighted by atomic mass is 10.1. The van der Waals surface area contributed by atoms with Gasteiger partial charge < -0.3 is 10.0 Å². The van der Waals surface area contributed by atoms with Gasteiger partial charge in [0.05, 0.1) is 12.1 Å². The third-order valence-corrected chi connectivity index (χ3v) is 3.93. The van der Waals surface area contributed by atoms with E-state index in [0.29, 0.717) is 5.56 Å². The molecule has 1 aliphatic heterocycles. The number of halogens is 2. The standard InChI is InChI=1S/C12H11FINO3/c13-12(11(17)18)5-6-15(7-12)10(16)8-3-1-2-4-9(8)14/h1-4H,5-7H2,(H,17,18). The minimum atomic E-state index is -2.31. The fourth-order valence-corrected chi connectivity index (χ4v) is 2.54. The van der Waals surface area contributed by atoms with E-state index in [-0.39, 0.29) is 25.4 Å². The van der Waals surface area contributed by atoms with Crippen molar-refractivity contribution in [2.45, 2.75) is 12.1 Å². The Balaban J connectivity index is 2.18. The van der Waals surface area contributed by atoms with Crippen LogP contribution < -0.4 is 0 Å². The average molecular weight is 363 g/mol. The molecular formula is C12H11FINO3. The van der Waals surface area contributed by atoms with E-state index >= 15 is 0 Å². The van der Waals surface area contributed by atoms with Crippen molar-refractivity contribution in [3.63, 3.8) is 0 Å². The van der Waals surface area contributed by atoms with Crippen molar-refractivity contribution in [1.29, 1.82) is 0 Å². The molecule has 96 valence electrons. The monoisotopic (exact) mass is 363 g/mol. The average Bonchev–Trinajstić information content (AvgIpc) is 2.73. The van der Waals surface area contributed by atoms with E-state index in [0.717, 1.165) is 3.57 Å². The number of likely N-dealkylation sites (tertiary alicyclic amines) is 1. The molecular weight excluding hydrogens is 352 g/mol. The molecule has 1 amide bonds. The number of hydrogen-bond donors (Lipinski definition) is 1. The molecule has 0 radical (unpaired) electrons. The molecule has 1 heterocycles. The van der Waals surface area contributed by atoms with Crippen molar-refractivity contribution in [1.82, 2.24) is 4.90 Å². The highest BCUT2D eigenvalue weighted by Gasteiger charge is 2.47. The van der Waals surface area contributed by atoms with Crippen molar-refractivity contribution in [3.8, 4) is 0 Å². The Hall–Kier alpha value is -1.18. The molecule has 0 aliphatic carbocycles. The molecule has 1 aliphatic rings. The van der Waals surface area contributed by atoms with Gasteiger partial charge in [-0.05, 0) is 34.7 Å². The van der Waals surface area contributed by atoms with Gasteiger partial charge in [-0.25, -0.2) is 9.18 Å². The van der Waals surface area contributed by atoms with Crippen LogP contribution in [-0.2, 0) is 4.79 Å². The van der Waals surface area contributed by atoms with Gasteiger partial charge in [0, 0.05) is 16.5 Å². The lowest BCUT2D eigenvalue weighted by Crippen LogP contribution is -2.39. The maximum absolute atomic E-state index is 13.9. The highest BCUT2D eigenvalue weighted by atomic mass is 127. The number of nitrogens with zero attached hydrogens (tertiary/aromatic N) is 1. The molecule has 1 saturated heterocycles. The van der Waals surface area contributed by atoms with Gasteiger partial charge in [-0.2, -0.15) is 0 Å². The first-order valence-corrected chi connectivity index (χ1v) is 6.48. The zero-order valence-corrected chi connectivity index (χ0v) is 11.6. The summed E-state index contributed by atoms with van der Waals surface area (Å²) in [6.07, 6.45) is -0.155. The van der Waals surface area contributed by atoms with Gasteiger partial charge in [-0.15, -0.1) is 0 Å².